The highest BCUT2D eigenvalue weighted by Crippen LogP contribution is 2.33. The van der Waals surface area contributed by atoms with Gasteiger partial charge in [-0.05, 0) is 30.5 Å². The van der Waals surface area contributed by atoms with E-state index < -0.39 is 0 Å². The molecule has 2 aliphatic rings. The summed E-state index contributed by atoms with van der Waals surface area (Å²) in [5, 5.41) is 3.18. The summed E-state index contributed by atoms with van der Waals surface area (Å²) in [6, 6.07) is 4.71. The predicted molar refractivity (Wildman–Crippen MR) is 74.8 cm³/mol. The van der Waals surface area contributed by atoms with Crippen LogP contribution in [-0.4, -0.2) is 18.6 Å². The fourth-order valence-corrected chi connectivity index (χ4v) is 2.67. The maximum absolute atomic E-state index is 5.83. The van der Waals surface area contributed by atoms with Crippen molar-refractivity contribution in [2.24, 2.45) is 10.7 Å². The molecule has 1 aromatic rings. The molecule has 1 heterocycles. The molecular weight excluding hydrogens is 294 g/mol. The van der Waals surface area contributed by atoms with E-state index in [0.29, 0.717) is 18.5 Å². The second kappa shape index (κ2) is 4.80. The average molecular weight is 310 g/mol. The Morgan fingerprint density at radius 2 is 2.33 bits per heavy atom. The van der Waals surface area contributed by atoms with Gasteiger partial charge in [0.25, 0.3) is 0 Å². The summed E-state index contributed by atoms with van der Waals surface area (Å²) in [6.45, 7) is 1.33. The van der Waals surface area contributed by atoms with Crippen molar-refractivity contribution >= 4 is 21.9 Å². The zero-order chi connectivity index (χ0) is 12.5. The van der Waals surface area contributed by atoms with Gasteiger partial charge in [-0.3, -0.25) is 0 Å². The minimum Gasteiger partial charge on any atom is -0.493 e. The van der Waals surface area contributed by atoms with Crippen molar-refractivity contribution in [3.63, 3.8) is 0 Å². The van der Waals surface area contributed by atoms with Gasteiger partial charge in [-0.25, -0.2) is 4.99 Å². The second-order valence-electron chi connectivity index (χ2n) is 4.77. The largest absolute Gasteiger partial charge is 0.493 e. The number of nitrogens with two attached hydrogens (primary N) is 1. The van der Waals surface area contributed by atoms with Crippen molar-refractivity contribution in [2.75, 3.05) is 6.61 Å². The number of guanidine groups is 1. The third kappa shape index (κ3) is 2.61. The summed E-state index contributed by atoms with van der Waals surface area (Å²) in [4.78, 5) is 4.38. The Morgan fingerprint density at radius 3 is 3.11 bits per heavy atom. The third-order valence-electron chi connectivity index (χ3n) is 3.17. The maximum atomic E-state index is 5.83. The zero-order valence-electron chi connectivity index (χ0n) is 10.1. The summed E-state index contributed by atoms with van der Waals surface area (Å²) in [5.74, 6) is 1.52. The molecule has 3 N–H and O–H groups in total. The average Bonchev–Trinajstić information content (AvgIpc) is 3.01. The normalized spacial score (nSPS) is 18.4. The van der Waals surface area contributed by atoms with Crippen molar-refractivity contribution in [1.29, 1.82) is 0 Å². The van der Waals surface area contributed by atoms with E-state index in [9.17, 15) is 0 Å². The molecule has 96 valence electrons. The second-order valence-corrected chi connectivity index (χ2v) is 5.69. The van der Waals surface area contributed by atoms with Crippen LogP contribution in [0.2, 0.25) is 0 Å². The van der Waals surface area contributed by atoms with Crippen LogP contribution in [-0.2, 0) is 13.0 Å². The van der Waals surface area contributed by atoms with E-state index >= 15 is 0 Å². The Bertz CT molecular complexity index is 497. The van der Waals surface area contributed by atoms with Gasteiger partial charge in [-0.15, -0.1) is 0 Å². The molecule has 1 aliphatic heterocycles. The molecule has 1 aromatic carbocycles. The number of aliphatic imine (C=N–C) groups is 1. The molecule has 18 heavy (non-hydrogen) atoms. The van der Waals surface area contributed by atoms with Crippen LogP contribution >= 0.6 is 15.9 Å². The van der Waals surface area contributed by atoms with Crippen molar-refractivity contribution in [1.82, 2.24) is 5.32 Å². The lowest BCUT2D eigenvalue weighted by molar-refractivity contribution is 0.353. The summed E-state index contributed by atoms with van der Waals surface area (Å²) in [5.41, 5.74) is 8.18. The molecule has 1 saturated carbocycles. The van der Waals surface area contributed by atoms with Crippen LogP contribution in [0, 0.1) is 0 Å². The van der Waals surface area contributed by atoms with Gasteiger partial charge in [0.1, 0.15) is 5.75 Å². The van der Waals surface area contributed by atoms with Crippen LogP contribution in [0.1, 0.15) is 24.0 Å². The first kappa shape index (κ1) is 11.8. The molecule has 0 unspecified atom stereocenters. The van der Waals surface area contributed by atoms with E-state index in [1.807, 2.05) is 0 Å². The van der Waals surface area contributed by atoms with E-state index in [2.05, 4.69) is 38.4 Å². The number of ether oxygens (including phenoxy) is 1. The number of halogens is 1. The number of benzene rings is 1. The van der Waals surface area contributed by atoms with Crippen LogP contribution in [0.25, 0.3) is 0 Å². The quantitative estimate of drug-likeness (QED) is 0.663. The number of hydrogen-bond acceptors (Lipinski definition) is 2. The first-order valence-electron chi connectivity index (χ1n) is 6.23. The molecular formula is C13H16BrN3O. The van der Waals surface area contributed by atoms with E-state index in [4.69, 9.17) is 10.5 Å². The fourth-order valence-electron chi connectivity index (χ4n) is 2.12. The van der Waals surface area contributed by atoms with E-state index in [0.717, 1.165) is 28.8 Å². The maximum Gasteiger partial charge on any atom is 0.189 e. The Kier molecular flexibility index (Phi) is 3.16. The van der Waals surface area contributed by atoms with Gasteiger partial charge in [0.2, 0.25) is 0 Å². The number of rotatable bonds is 3. The minimum absolute atomic E-state index is 0.532. The Morgan fingerprint density at radius 1 is 1.50 bits per heavy atom. The molecule has 0 amide bonds. The third-order valence-corrected chi connectivity index (χ3v) is 3.63. The van der Waals surface area contributed by atoms with Crippen molar-refractivity contribution < 1.29 is 4.74 Å². The highest BCUT2D eigenvalue weighted by molar-refractivity contribution is 9.10. The molecule has 3 rings (SSSR count). The van der Waals surface area contributed by atoms with E-state index in [1.54, 1.807) is 0 Å². The summed E-state index contributed by atoms with van der Waals surface area (Å²) >= 11 is 3.52. The van der Waals surface area contributed by atoms with Gasteiger partial charge in [0, 0.05) is 22.5 Å². The monoisotopic (exact) mass is 309 g/mol. The van der Waals surface area contributed by atoms with Crippen LogP contribution in [0.4, 0.5) is 0 Å². The smallest absolute Gasteiger partial charge is 0.189 e. The Balaban J connectivity index is 1.75. The van der Waals surface area contributed by atoms with E-state index in [1.165, 1.54) is 18.4 Å². The Hall–Kier alpha value is -1.23. The minimum atomic E-state index is 0.532. The number of nitrogens with one attached hydrogen (secondary N) is 1. The van der Waals surface area contributed by atoms with Crippen LogP contribution in [0.3, 0.4) is 0 Å². The lowest BCUT2D eigenvalue weighted by atomic mass is 10.1. The highest BCUT2D eigenvalue weighted by Gasteiger charge is 2.21. The summed E-state index contributed by atoms with van der Waals surface area (Å²) in [7, 11) is 0. The van der Waals surface area contributed by atoms with Gasteiger partial charge in [0.15, 0.2) is 5.96 Å². The lowest BCUT2D eigenvalue weighted by Crippen LogP contribution is -2.33. The van der Waals surface area contributed by atoms with Gasteiger partial charge < -0.3 is 15.8 Å². The molecule has 1 fully saturated rings. The molecule has 0 aromatic heterocycles. The topological polar surface area (TPSA) is 59.6 Å². The van der Waals surface area contributed by atoms with Gasteiger partial charge in [-0.1, -0.05) is 15.9 Å². The van der Waals surface area contributed by atoms with Crippen molar-refractivity contribution in [3.8, 4) is 5.75 Å². The predicted octanol–water partition coefficient (Wildman–Crippen LogP) is 1.95. The first-order valence-corrected chi connectivity index (χ1v) is 7.02. The Labute approximate surface area is 115 Å². The van der Waals surface area contributed by atoms with Gasteiger partial charge >= 0.3 is 0 Å². The summed E-state index contributed by atoms with van der Waals surface area (Å²) in [6.07, 6.45) is 3.37. The SMILES string of the molecule is NC(=NCc1cc(Br)cc2c1OCC2)NC1CC1. The molecule has 0 radical (unpaired) electrons. The standard InChI is InChI=1S/C13H16BrN3O/c14-10-5-8-3-4-18-12(8)9(6-10)7-16-13(15)17-11-1-2-11/h5-6,11H,1-4,7H2,(H3,15,16,17). The number of fused-ring (bicyclic) bond motifs is 1. The zero-order valence-corrected chi connectivity index (χ0v) is 11.7. The highest BCUT2D eigenvalue weighted by atomic mass is 79.9. The number of hydrogen-bond donors (Lipinski definition) is 2. The van der Waals surface area contributed by atoms with E-state index in [-0.39, 0.29) is 0 Å². The molecule has 0 bridgehead atoms. The van der Waals surface area contributed by atoms with Crippen molar-refractivity contribution in [3.05, 3.63) is 27.7 Å². The molecule has 4 nitrogen and oxygen atoms in total. The molecule has 0 atom stereocenters. The molecule has 1 aliphatic carbocycles. The van der Waals surface area contributed by atoms with Gasteiger partial charge in [0.05, 0.1) is 13.2 Å². The number of nitrogens with zero attached hydrogens (tertiary/aromatic N) is 1. The van der Waals surface area contributed by atoms with Crippen LogP contribution in [0.15, 0.2) is 21.6 Å². The van der Waals surface area contributed by atoms with Crippen molar-refractivity contribution in [2.45, 2.75) is 31.8 Å². The lowest BCUT2D eigenvalue weighted by Gasteiger charge is -2.08. The first-order chi connectivity index (χ1) is 8.72. The van der Waals surface area contributed by atoms with Crippen LogP contribution < -0.4 is 15.8 Å². The fraction of sp³-hybridized carbons (Fsp3) is 0.462. The van der Waals surface area contributed by atoms with Crippen LogP contribution in [0.5, 0.6) is 5.75 Å². The van der Waals surface area contributed by atoms with Gasteiger partial charge in [-0.2, -0.15) is 0 Å². The molecule has 5 heteroatoms. The summed E-state index contributed by atoms with van der Waals surface area (Å²) < 4.78 is 6.73. The molecule has 0 spiro atoms. The molecule has 0 saturated heterocycles.